The molecular weight excluding hydrogens is 259 g/mol. The van der Waals surface area contributed by atoms with Crippen molar-refractivity contribution in [3.8, 4) is 0 Å². The molecule has 0 atom stereocenters. The molecule has 0 radical (unpaired) electrons. The fourth-order valence-electron chi connectivity index (χ4n) is 3.20. The van der Waals surface area contributed by atoms with Crippen molar-refractivity contribution < 1.29 is 0 Å². The second kappa shape index (κ2) is 4.37. The van der Waals surface area contributed by atoms with E-state index in [0.29, 0.717) is 0 Å². The van der Waals surface area contributed by atoms with Gasteiger partial charge in [-0.15, -0.1) is 0 Å². The number of benzene rings is 2. The molecule has 0 aliphatic carbocycles. The summed E-state index contributed by atoms with van der Waals surface area (Å²) in [6.07, 6.45) is 4.82. The van der Waals surface area contributed by atoms with E-state index in [-0.39, 0.29) is 0 Å². The Morgan fingerprint density at radius 1 is 0.667 bits per heavy atom. The summed E-state index contributed by atoms with van der Waals surface area (Å²) in [7, 11) is 0. The Kier molecular flexibility index (Phi) is 2.96. The van der Waals surface area contributed by atoms with Gasteiger partial charge in [-0.3, -0.25) is 0 Å². The van der Waals surface area contributed by atoms with Gasteiger partial charge in [-0.1, -0.05) is 0 Å². The minimum absolute atomic E-state index is 1.15. The van der Waals surface area contributed by atoms with Crippen LogP contribution in [0.3, 0.4) is 0 Å². The van der Waals surface area contributed by atoms with Crippen LogP contribution in [0.5, 0.6) is 0 Å². The third-order valence-electron chi connectivity index (χ3n) is 4.19. The normalized spacial score (nSPS) is 23.1. The fraction of sp³-hybridized carbons (Fsp3) is 0.250. The molecule has 1 fully saturated rings. The molecule has 18 heavy (non-hydrogen) atoms. The molecule has 94 valence electrons. The summed E-state index contributed by atoms with van der Waals surface area (Å²) >= 11 is 7.41. The van der Waals surface area contributed by atoms with Gasteiger partial charge in [0.05, 0.1) is 0 Å². The summed E-state index contributed by atoms with van der Waals surface area (Å²) < 4.78 is 0. The standard InChI is InChI=1S/C16H18ClP/c17-18(13-7-8-14-18,15-9-3-1-4-10-15)16-11-5-2-6-12-16/h1-6,9-12H,7-8,13-14H2. The van der Waals surface area contributed by atoms with E-state index >= 15 is 0 Å². The molecule has 0 amide bonds. The van der Waals surface area contributed by atoms with Gasteiger partial charge in [0, 0.05) is 0 Å². The molecule has 0 spiro atoms. The van der Waals surface area contributed by atoms with Crippen LogP contribution < -0.4 is 10.6 Å². The molecule has 2 aromatic carbocycles. The summed E-state index contributed by atoms with van der Waals surface area (Å²) in [6.45, 7) is 0. The number of rotatable bonds is 2. The first kappa shape index (κ1) is 12.2. The zero-order valence-electron chi connectivity index (χ0n) is 10.4. The second-order valence-electron chi connectivity index (χ2n) is 5.20. The van der Waals surface area contributed by atoms with Crippen LogP contribution in [0.15, 0.2) is 60.7 Å². The van der Waals surface area contributed by atoms with E-state index in [1.165, 1.54) is 23.5 Å². The molecule has 1 aliphatic rings. The summed E-state index contributed by atoms with van der Waals surface area (Å²) in [6, 6.07) is 21.5. The van der Waals surface area contributed by atoms with Crippen molar-refractivity contribution in [2.45, 2.75) is 12.8 Å². The summed E-state index contributed by atoms with van der Waals surface area (Å²) in [5, 5.41) is 2.74. The molecule has 0 nitrogen and oxygen atoms in total. The van der Waals surface area contributed by atoms with Crippen molar-refractivity contribution >= 4 is 27.8 Å². The Balaban J connectivity index is 2.24. The predicted molar refractivity (Wildman–Crippen MR) is 83.9 cm³/mol. The van der Waals surface area contributed by atoms with Crippen LogP contribution in [-0.2, 0) is 0 Å². The topological polar surface area (TPSA) is 0 Å². The van der Waals surface area contributed by atoms with Crippen LogP contribution >= 0.6 is 17.2 Å². The molecular formula is C16H18ClP. The average molecular weight is 277 g/mol. The van der Waals surface area contributed by atoms with Crippen molar-refractivity contribution in [1.29, 1.82) is 0 Å². The monoisotopic (exact) mass is 276 g/mol. The van der Waals surface area contributed by atoms with Gasteiger partial charge < -0.3 is 0 Å². The van der Waals surface area contributed by atoms with E-state index in [2.05, 4.69) is 60.7 Å². The number of halogens is 1. The van der Waals surface area contributed by atoms with Crippen molar-refractivity contribution in [2.75, 3.05) is 12.3 Å². The summed E-state index contributed by atoms with van der Waals surface area (Å²) in [5.74, 6) is -2.40. The van der Waals surface area contributed by atoms with Crippen LogP contribution in [-0.4, -0.2) is 12.3 Å². The zero-order valence-corrected chi connectivity index (χ0v) is 12.1. The molecule has 1 heterocycles. The molecule has 2 aromatic rings. The van der Waals surface area contributed by atoms with Gasteiger partial charge >= 0.3 is 114 Å². The molecule has 0 aromatic heterocycles. The maximum atomic E-state index is 7.41. The second-order valence-corrected chi connectivity index (χ2v) is 12.3. The van der Waals surface area contributed by atoms with Crippen molar-refractivity contribution in [2.24, 2.45) is 0 Å². The van der Waals surface area contributed by atoms with Crippen molar-refractivity contribution in [3.63, 3.8) is 0 Å². The molecule has 1 saturated heterocycles. The first-order chi connectivity index (χ1) is 8.73. The first-order valence-corrected chi connectivity index (χ1v) is 10.1. The molecule has 0 saturated carbocycles. The van der Waals surface area contributed by atoms with Crippen LogP contribution in [0.25, 0.3) is 0 Å². The molecule has 0 bridgehead atoms. The van der Waals surface area contributed by atoms with Gasteiger partial charge in [-0.2, -0.15) is 0 Å². The van der Waals surface area contributed by atoms with Crippen molar-refractivity contribution in [1.82, 2.24) is 0 Å². The predicted octanol–water partition coefficient (Wildman–Crippen LogP) is 4.14. The van der Waals surface area contributed by atoms with E-state index in [0.717, 1.165) is 12.3 Å². The van der Waals surface area contributed by atoms with Crippen molar-refractivity contribution in [3.05, 3.63) is 60.7 Å². The van der Waals surface area contributed by atoms with Gasteiger partial charge in [-0.05, 0) is 0 Å². The third kappa shape index (κ3) is 1.71. The van der Waals surface area contributed by atoms with E-state index in [1.54, 1.807) is 0 Å². The number of hydrogen-bond donors (Lipinski definition) is 0. The minimum atomic E-state index is -2.40. The zero-order chi connectivity index (χ0) is 12.5. The van der Waals surface area contributed by atoms with Crippen LogP contribution in [0.2, 0.25) is 0 Å². The molecule has 1 aliphatic heterocycles. The van der Waals surface area contributed by atoms with E-state index in [1.807, 2.05) is 0 Å². The van der Waals surface area contributed by atoms with Gasteiger partial charge in [-0.25, -0.2) is 0 Å². The maximum absolute atomic E-state index is 7.41. The summed E-state index contributed by atoms with van der Waals surface area (Å²) in [4.78, 5) is 0. The van der Waals surface area contributed by atoms with Crippen LogP contribution in [0.4, 0.5) is 0 Å². The van der Waals surface area contributed by atoms with Gasteiger partial charge in [0.2, 0.25) is 0 Å². The van der Waals surface area contributed by atoms with Gasteiger partial charge in [0.1, 0.15) is 0 Å². The van der Waals surface area contributed by atoms with Crippen LogP contribution in [0, 0.1) is 0 Å². The molecule has 0 unspecified atom stereocenters. The third-order valence-corrected chi connectivity index (χ3v) is 11.8. The van der Waals surface area contributed by atoms with Gasteiger partial charge in [0.15, 0.2) is 0 Å². The van der Waals surface area contributed by atoms with E-state index < -0.39 is 5.96 Å². The number of hydrogen-bond acceptors (Lipinski definition) is 0. The Morgan fingerprint density at radius 3 is 1.44 bits per heavy atom. The Hall–Kier alpha value is -0.840. The Labute approximate surface area is 114 Å². The average Bonchev–Trinajstić information content (AvgIpc) is 2.87. The molecule has 2 heteroatoms. The van der Waals surface area contributed by atoms with Gasteiger partial charge in [0.25, 0.3) is 0 Å². The molecule has 0 N–H and O–H groups in total. The fourth-order valence-corrected chi connectivity index (χ4v) is 9.62. The quantitative estimate of drug-likeness (QED) is 0.723. The van der Waals surface area contributed by atoms with E-state index in [9.17, 15) is 0 Å². The van der Waals surface area contributed by atoms with E-state index in [4.69, 9.17) is 11.2 Å². The Morgan fingerprint density at radius 2 is 1.06 bits per heavy atom. The first-order valence-electron chi connectivity index (χ1n) is 6.57. The Bertz CT molecular complexity index is 486. The SMILES string of the molecule is ClP1(c2ccccc2)(c2ccccc2)CCCC1. The molecule has 3 rings (SSSR count). The summed E-state index contributed by atoms with van der Waals surface area (Å²) in [5.41, 5.74) is 0. The van der Waals surface area contributed by atoms with Crippen LogP contribution in [0.1, 0.15) is 12.8 Å².